The Bertz CT molecular complexity index is 104. The second kappa shape index (κ2) is 1.67. The molecule has 0 spiro atoms. The van der Waals surface area contributed by atoms with Gasteiger partial charge in [0.15, 0.2) is 11.6 Å². The fraction of sp³-hybridized carbons (Fsp3) is 1.00. The van der Waals surface area contributed by atoms with Crippen molar-refractivity contribution >= 4 is 0 Å². The van der Waals surface area contributed by atoms with Crippen LogP contribution >= 0.6 is 0 Å². The molecule has 1 aliphatic carbocycles. The minimum atomic E-state index is -1.87. The van der Waals surface area contributed by atoms with Crippen molar-refractivity contribution < 1.29 is 20.4 Å². The Kier molecular flexibility index (Phi) is 1.29. The van der Waals surface area contributed by atoms with Gasteiger partial charge in [0.05, 0.1) is 6.42 Å². The number of hydrogen-bond acceptors (Lipinski definition) is 4. The zero-order chi connectivity index (χ0) is 7.12. The highest BCUT2D eigenvalue weighted by molar-refractivity contribution is 4.84. The molecular formula is C5H10O4. The Morgan fingerprint density at radius 1 is 0.778 bits per heavy atom. The highest BCUT2D eigenvalue weighted by Gasteiger charge is 2.43. The smallest absolute Gasteiger partial charge is 0.167 e. The summed E-state index contributed by atoms with van der Waals surface area (Å²) in [4.78, 5) is 0. The van der Waals surface area contributed by atoms with E-state index in [1.54, 1.807) is 0 Å². The fourth-order valence-electron chi connectivity index (χ4n) is 1.03. The quantitative estimate of drug-likeness (QED) is 0.305. The van der Waals surface area contributed by atoms with Crippen molar-refractivity contribution in [2.24, 2.45) is 0 Å². The van der Waals surface area contributed by atoms with Crippen LogP contribution in [0.5, 0.6) is 0 Å². The first-order valence-electron chi connectivity index (χ1n) is 2.81. The Hall–Kier alpha value is -0.160. The molecule has 0 unspecified atom stereocenters. The topological polar surface area (TPSA) is 80.9 Å². The summed E-state index contributed by atoms with van der Waals surface area (Å²) in [5, 5.41) is 35.1. The van der Waals surface area contributed by atoms with Crippen molar-refractivity contribution in [3.8, 4) is 0 Å². The summed E-state index contributed by atoms with van der Waals surface area (Å²) in [6, 6.07) is 0. The molecule has 0 aromatic carbocycles. The van der Waals surface area contributed by atoms with E-state index in [9.17, 15) is 0 Å². The lowest BCUT2D eigenvalue weighted by atomic mass is 10.2. The summed E-state index contributed by atoms with van der Waals surface area (Å²) in [6.45, 7) is 0. The fourth-order valence-corrected chi connectivity index (χ4v) is 1.03. The monoisotopic (exact) mass is 134 g/mol. The predicted molar refractivity (Wildman–Crippen MR) is 28.2 cm³/mol. The van der Waals surface area contributed by atoms with Crippen LogP contribution in [-0.2, 0) is 0 Å². The van der Waals surface area contributed by atoms with Crippen LogP contribution in [0.1, 0.15) is 19.3 Å². The maximum absolute atomic E-state index is 8.77. The highest BCUT2D eigenvalue weighted by Crippen LogP contribution is 2.33. The van der Waals surface area contributed by atoms with Gasteiger partial charge in [-0.3, -0.25) is 0 Å². The molecule has 1 fully saturated rings. The predicted octanol–water partition coefficient (Wildman–Crippen LogP) is -1.47. The van der Waals surface area contributed by atoms with Gasteiger partial charge in [-0.1, -0.05) is 0 Å². The van der Waals surface area contributed by atoms with Crippen molar-refractivity contribution in [3.05, 3.63) is 0 Å². The van der Waals surface area contributed by atoms with E-state index >= 15 is 0 Å². The third-order valence-electron chi connectivity index (χ3n) is 1.49. The average Bonchev–Trinajstić information content (AvgIpc) is 1.78. The second-order valence-corrected chi connectivity index (χ2v) is 2.64. The third-order valence-corrected chi connectivity index (χ3v) is 1.49. The van der Waals surface area contributed by atoms with E-state index in [1.165, 1.54) is 0 Å². The van der Waals surface area contributed by atoms with E-state index in [2.05, 4.69) is 0 Å². The summed E-state index contributed by atoms with van der Waals surface area (Å²) >= 11 is 0. The van der Waals surface area contributed by atoms with Gasteiger partial charge in [0.1, 0.15) is 0 Å². The minimum absolute atomic E-state index is 0.0278. The second-order valence-electron chi connectivity index (χ2n) is 2.64. The van der Waals surface area contributed by atoms with Gasteiger partial charge in [-0.05, 0) is 0 Å². The van der Waals surface area contributed by atoms with Crippen LogP contribution in [0.3, 0.4) is 0 Å². The van der Waals surface area contributed by atoms with Gasteiger partial charge in [0.25, 0.3) is 0 Å². The molecule has 4 nitrogen and oxygen atoms in total. The van der Waals surface area contributed by atoms with E-state index in [-0.39, 0.29) is 19.3 Å². The Balaban J connectivity index is 2.58. The zero-order valence-electron chi connectivity index (χ0n) is 4.91. The first-order chi connectivity index (χ1) is 3.91. The van der Waals surface area contributed by atoms with Gasteiger partial charge in [0.2, 0.25) is 0 Å². The van der Waals surface area contributed by atoms with Crippen molar-refractivity contribution in [2.45, 2.75) is 30.8 Å². The van der Waals surface area contributed by atoms with Crippen molar-refractivity contribution in [1.29, 1.82) is 0 Å². The van der Waals surface area contributed by atoms with Crippen LogP contribution in [-0.4, -0.2) is 32.0 Å². The largest absolute Gasteiger partial charge is 0.365 e. The lowest BCUT2D eigenvalue weighted by Crippen LogP contribution is -2.30. The van der Waals surface area contributed by atoms with Gasteiger partial charge in [-0.15, -0.1) is 0 Å². The molecule has 4 heteroatoms. The van der Waals surface area contributed by atoms with Gasteiger partial charge < -0.3 is 20.4 Å². The molecule has 0 bridgehead atoms. The molecule has 0 aromatic heterocycles. The van der Waals surface area contributed by atoms with Crippen molar-refractivity contribution in [3.63, 3.8) is 0 Å². The minimum Gasteiger partial charge on any atom is -0.365 e. The molecule has 1 aliphatic rings. The van der Waals surface area contributed by atoms with Crippen molar-refractivity contribution in [2.75, 3.05) is 0 Å². The van der Waals surface area contributed by atoms with Crippen LogP contribution in [0, 0.1) is 0 Å². The Morgan fingerprint density at radius 2 is 1.11 bits per heavy atom. The maximum atomic E-state index is 8.77. The third kappa shape index (κ3) is 1.62. The van der Waals surface area contributed by atoms with Crippen LogP contribution in [0.2, 0.25) is 0 Å². The summed E-state index contributed by atoms with van der Waals surface area (Å²) in [7, 11) is 0. The molecule has 0 radical (unpaired) electrons. The molecule has 4 N–H and O–H groups in total. The SMILES string of the molecule is OC1(O)CCC(O)(O)C1. The van der Waals surface area contributed by atoms with E-state index in [1.807, 2.05) is 0 Å². The molecular weight excluding hydrogens is 124 g/mol. The van der Waals surface area contributed by atoms with Gasteiger partial charge in [-0.2, -0.15) is 0 Å². The molecule has 0 heterocycles. The molecule has 0 saturated heterocycles. The van der Waals surface area contributed by atoms with Crippen LogP contribution < -0.4 is 0 Å². The highest BCUT2D eigenvalue weighted by atomic mass is 16.5. The van der Waals surface area contributed by atoms with Gasteiger partial charge in [0, 0.05) is 12.8 Å². The lowest BCUT2D eigenvalue weighted by molar-refractivity contribution is -0.208. The summed E-state index contributed by atoms with van der Waals surface area (Å²) in [5.74, 6) is -3.74. The molecule has 0 amide bonds. The Morgan fingerprint density at radius 3 is 1.22 bits per heavy atom. The van der Waals surface area contributed by atoms with Crippen molar-refractivity contribution in [1.82, 2.24) is 0 Å². The molecule has 0 aliphatic heterocycles. The Labute approximate surface area is 52.4 Å². The standard InChI is InChI=1S/C5H10O4/c6-4(7)1-2-5(8,9)3-4/h6-9H,1-3H2. The first kappa shape index (κ1) is 6.95. The number of rotatable bonds is 0. The van der Waals surface area contributed by atoms with Gasteiger partial charge in [-0.25, -0.2) is 0 Å². The lowest BCUT2D eigenvalue weighted by Gasteiger charge is -2.16. The number of aliphatic hydroxyl groups is 4. The van der Waals surface area contributed by atoms with E-state index in [0.29, 0.717) is 0 Å². The zero-order valence-corrected chi connectivity index (χ0v) is 4.91. The molecule has 0 aromatic rings. The van der Waals surface area contributed by atoms with E-state index < -0.39 is 11.6 Å². The maximum Gasteiger partial charge on any atom is 0.167 e. The van der Waals surface area contributed by atoms with Crippen LogP contribution in [0.25, 0.3) is 0 Å². The molecule has 1 saturated carbocycles. The van der Waals surface area contributed by atoms with Gasteiger partial charge >= 0.3 is 0 Å². The average molecular weight is 134 g/mol. The summed E-state index contributed by atoms with van der Waals surface area (Å²) in [5.41, 5.74) is 0. The normalized spacial score (nSPS) is 30.7. The number of hydrogen-bond donors (Lipinski definition) is 4. The molecule has 9 heavy (non-hydrogen) atoms. The van der Waals surface area contributed by atoms with Crippen LogP contribution in [0.4, 0.5) is 0 Å². The van der Waals surface area contributed by atoms with E-state index in [0.717, 1.165) is 0 Å². The van der Waals surface area contributed by atoms with Crippen LogP contribution in [0.15, 0.2) is 0 Å². The molecule has 54 valence electrons. The summed E-state index contributed by atoms with van der Waals surface area (Å²) < 4.78 is 0. The molecule has 0 atom stereocenters. The summed E-state index contributed by atoms with van der Waals surface area (Å²) in [6.07, 6.45) is -0.319. The first-order valence-corrected chi connectivity index (χ1v) is 2.81. The molecule has 1 rings (SSSR count). The van der Waals surface area contributed by atoms with E-state index in [4.69, 9.17) is 20.4 Å².